The van der Waals surface area contributed by atoms with Gasteiger partial charge in [0.15, 0.2) is 0 Å². The standard InChI is InChI=1S/C27H30O3Si/c1-27(2,3)31(24-13-6-4-7-14-24,25-15-8-5-9-16-25)30-23-12-10-11-21(20-23)19-22-17-18-29-26(22)28/h4-16,20,22H,17-19H2,1-3H3. The lowest BCUT2D eigenvalue weighted by Gasteiger charge is -2.43. The molecular weight excluding hydrogens is 400 g/mol. The van der Waals surface area contributed by atoms with E-state index in [1.807, 2.05) is 12.1 Å². The molecule has 3 aromatic carbocycles. The molecule has 1 unspecified atom stereocenters. The number of cyclic esters (lactones) is 1. The minimum atomic E-state index is -2.66. The maximum atomic E-state index is 11.9. The molecule has 1 atom stereocenters. The minimum absolute atomic E-state index is 0.0527. The van der Waals surface area contributed by atoms with Crippen LogP contribution < -0.4 is 14.8 Å². The molecule has 0 amide bonds. The molecule has 1 aliphatic rings. The summed E-state index contributed by atoms with van der Waals surface area (Å²) in [4.78, 5) is 11.9. The Hall–Kier alpha value is -2.85. The molecule has 160 valence electrons. The van der Waals surface area contributed by atoms with Crippen molar-refractivity contribution >= 4 is 24.7 Å². The van der Waals surface area contributed by atoms with Crippen molar-refractivity contribution in [3.8, 4) is 5.75 Å². The van der Waals surface area contributed by atoms with E-state index in [1.54, 1.807) is 0 Å². The molecular formula is C27H30O3Si. The third-order valence-electron chi connectivity index (χ3n) is 6.11. The van der Waals surface area contributed by atoms with Crippen molar-refractivity contribution in [2.75, 3.05) is 6.61 Å². The SMILES string of the molecule is CC(C)(C)[Si](Oc1cccc(CC2CCOC2=O)c1)(c1ccccc1)c1ccccc1. The molecule has 4 rings (SSSR count). The molecule has 0 bridgehead atoms. The Morgan fingerprint density at radius 3 is 2.03 bits per heavy atom. The van der Waals surface area contributed by atoms with Gasteiger partial charge >= 0.3 is 14.3 Å². The van der Waals surface area contributed by atoms with Gasteiger partial charge in [0.1, 0.15) is 5.75 Å². The predicted molar refractivity (Wildman–Crippen MR) is 127 cm³/mol. The molecule has 0 radical (unpaired) electrons. The molecule has 1 fully saturated rings. The molecule has 3 nitrogen and oxygen atoms in total. The third-order valence-corrected chi connectivity index (χ3v) is 11.1. The number of carbonyl (C=O) groups excluding carboxylic acids is 1. The van der Waals surface area contributed by atoms with Crippen molar-refractivity contribution in [1.29, 1.82) is 0 Å². The van der Waals surface area contributed by atoms with E-state index < -0.39 is 8.32 Å². The van der Waals surface area contributed by atoms with Gasteiger partial charge in [0, 0.05) is 0 Å². The van der Waals surface area contributed by atoms with Gasteiger partial charge in [-0.3, -0.25) is 4.79 Å². The van der Waals surface area contributed by atoms with Crippen molar-refractivity contribution in [3.05, 3.63) is 90.5 Å². The second-order valence-corrected chi connectivity index (χ2v) is 13.5. The predicted octanol–water partition coefficient (Wildman–Crippen LogP) is 4.73. The normalized spacial score (nSPS) is 16.7. The second-order valence-electron chi connectivity index (χ2n) is 9.27. The quantitative estimate of drug-likeness (QED) is 0.419. The summed E-state index contributed by atoms with van der Waals surface area (Å²) in [6, 6.07) is 29.5. The van der Waals surface area contributed by atoms with Crippen molar-refractivity contribution in [3.63, 3.8) is 0 Å². The van der Waals surface area contributed by atoms with Crippen LogP contribution in [0.5, 0.6) is 5.75 Å². The lowest BCUT2D eigenvalue weighted by Crippen LogP contribution is -2.68. The van der Waals surface area contributed by atoms with Gasteiger partial charge in [-0.15, -0.1) is 0 Å². The zero-order valence-electron chi connectivity index (χ0n) is 18.5. The largest absolute Gasteiger partial charge is 0.534 e. The number of esters is 1. The molecule has 0 spiro atoms. The highest BCUT2D eigenvalue weighted by atomic mass is 28.4. The van der Waals surface area contributed by atoms with Crippen LogP contribution in [-0.4, -0.2) is 20.9 Å². The first kappa shape index (κ1) is 21.4. The molecule has 1 heterocycles. The van der Waals surface area contributed by atoms with Crippen LogP contribution in [0.4, 0.5) is 0 Å². The summed E-state index contributed by atoms with van der Waals surface area (Å²) in [6.07, 6.45) is 1.48. The molecule has 1 aliphatic heterocycles. The fourth-order valence-corrected chi connectivity index (χ4v) is 8.98. The summed E-state index contributed by atoms with van der Waals surface area (Å²) in [5.41, 5.74) is 1.11. The van der Waals surface area contributed by atoms with Crippen molar-refractivity contribution in [2.45, 2.75) is 38.7 Å². The number of ether oxygens (including phenoxy) is 1. The highest BCUT2D eigenvalue weighted by Crippen LogP contribution is 2.37. The molecule has 3 aromatic rings. The van der Waals surface area contributed by atoms with Crippen LogP contribution in [0.3, 0.4) is 0 Å². The Balaban J connectivity index is 1.77. The monoisotopic (exact) mass is 430 g/mol. The summed E-state index contributed by atoms with van der Waals surface area (Å²) in [6.45, 7) is 7.36. The Morgan fingerprint density at radius 1 is 0.903 bits per heavy atom. The van der Waals surface area contributed by atoms with Crippen LogP contribution >= 0.6 is 0 Å². The highest BCUT2D eigenvalue weighted by molar-refractivity contribution is 7.00. The van der Waals surface area contributed by atoms with Gasteiger partial charge in [0.05, 0.1) is 12.5 Å². The Labute approximate surface area is 186 Å². The van der Waals surface area contributed by atoms with Crippen LogP contribution in [0.15, 0.2) is 84.9 Å². The van der Waals surface area contributed by atoms with Crippen molar-refractivity contribution in [2.24, 2.45) is 5.92 Å². The zero-order chi connectivity index (χ0) is 21.9. The number of rotatable bonds is 6. The Kier molecular flexibility index (Phi) is 6.01. The fourth-order valence-electron chi connectivity index (χ4n) is 4.57. The van der Waals surface area contributed by atoms with Crippen LogP contribution in [0.25, 0.3) is 0 Å². The van der Waals surface area contributed by atoms with E-state index in [4.69, 9.17) is 9.16 Å². The Morgan fingerprint density at radius 2 is 1.52 bits per heavy atom. The number of carbonyl (C=O) groups is 1. The van der Waals surface area contributed by atoms with E-state index in [-0.39, 0.29) is 16.9 Å². The van der Waals surface area contributed by atoms with Crippen molar-refractivity contribution in [1.82, 2.24) is 0 Å². The first-order valence-electron chi connectivity index (χ1n) is 11.0. The maximum absolute atomic E-state index is 11.9. The van der Waals surface area contributed by atoms with E-state index >= 15 is 0 Å². The summed E-state index contributed by atoms with van der Waals surface area (Å²) in [7, 11) is -2.66. The lowest BCUT2D eigenvalue weighted by atomic mass is 9.98. The van der Waals surface area contributed by atoms with Gasteiger partial charge in [0.25, 0.3) is 0 Å². The average molecular weight is 431 g/mol. The number of benzene rings is 3. The number of hydrogen-bond donors (Lipinski definition) is 0. The fraction of sp³-hybridized carbons (Fsp3) is 0.296. The first-order valence-corrected chi connectivity index (χ1v) is 12.9. The van der Waals surface area contributed by atoms with E-state index in [0.717, 1.165) is 17.7 Å². The van der Waals surface area contributed by atoms with Gasteiger partial charge in [-0.2, -0.15) is 0 Å². The summed E-state index contributed by atoms with van der Waals surface area (Å²) in [5.74, 6) is 0.722. The molecule has 31 heavy (non-hydrogen) atoms. The molecule has 0 aromatic heterocycles. The third kappa shape index (κ3) is 4.31. The number of hydrogen-bond acceptors (Lipinski definition) is 3. The molecule has 0 N–H and O–H groups in total. The van der Waals surface area contributed by atoms with E-state index in [2.05, 4.69) is 93.6 Å². The lowest BCUT2D eigenvalue weighted by molar-refractivity contribution is -0.141. The topological polar surface area (TPSA) is 35.5 Å². The van der Waals surface area contributed by atoms with E-state index in [9.17, 15) is 4.79 Å². The molecule has 0 saturated carbocycles. The van der Waals surface area contributed by atoms with Gasteiger partial charge in [0.2, 0.25) is 0 Å². The summed E-state index contributed by atoms with van der Waals surface area (Å²) in [5, 5.41) is 2.40. The van der Waals surface area contributed by atoms with Crippen LogP contribution in [0.1, 0.15) is 32.8 Å². The molecule has 1 saturated heterocycles. The van der Waals surface area contributed by atoms with E-state index in [0.29, 0.717) is 13.0 Å². The summed E-state index contributed by atoms with van der Waals surface area (Å²) < 4.78 is 12.2. The Bertz CT molecular complexity index is 986. The van der Waals surface area contributed by atoms with E-state index in [1.165, 1.54) is 10.4 Å². The summed E-state index contributed by atoms with van der Waals surface area (Å²) >= 11 is 0. The highest BCUT2D eigenvalue weighted by Gasteiger charge is 2.52. The average Bonchev–Trinajstić information content (AvgIpc) is 3.17. The minimum Gasteiger partial charge on any atom is -0.534 e. The van der Waals surface area contributed by atoms with Crippen LogP contribution in [0, 0.1) is 5.92 Å². The smallest absolute Gasteiger partial charge is 0.319 e. The van der Waals surface area contributed by atoms with Gasteiger partial charge in [-0.1, -0.05) is 93.6 Å². The second kappa shape index (κ2) is 8.72. The first-order chi connectivity index (χ1) is 14.9. The molecule has 0 aliphatic carbocycles. The van der Waals surface area contributed by atoms with Crippen LogP contribution in [0.2, 0.25) is 5.04 Å². The van der Waals surface area contributed by atoms with Crippen LogP contribution in [-0.2, 0) is 16.0 Å². The van der Waals surface area contributed by atoms with Gasteiger partial charge < -0.3 is 9.16 Å². The zero-order valence-corrected chi connectivity index (χ0v) is 19.5. The van der Waals surface area contributed by atoms with Gasteiger partial charge in [-0.25, -0.2) is 0 Å². The van der Waals surface area contributed by atoms with Crippen molar-refractivity contribution < 1.29 is 14.0 Å². The maximum Gasteiger partial charge on any atom is 0.319 e. The van der Waals surface area contributed by atoms with Gasteiger partial charge in [-0.05, 0) is 45.9 Å². The molecule has 4 heteroatoms.